The summed E-state index contributed by atoms with van der Waals surface area (Å²) in [5.74, 6) is 1.77. The van der Waals surface area contributed by atoms with Gasteiger partial charge < -0.3 is 14.8 Å². The minimum absolute atomic E-state index is 0.368. The maximum absolute atomic E-state index is 5.57. The average molecular weight is 290 g/mol. The van der Waals surface area contributed by atoms with Crippen molar-refractivity contribution in [1.29, 1.82) is 0 Å². The van der Waals surface area contributed by atoms with Gasteiger partial charge in [-0.15, -0.1) is 0 Å². The Morgan fingerprint density at radius 3 is 2.71 bits per heavy atom. The summed E-state index contributed by atoms with van der Waals surface area (Å²) in [5, 5.41) is 3.74. The monoisotopic (exact) mass is 290 g/mol. The molecule has 0 spiro atoms. The lowest BCUT2D eigenvalue weighted by Gasteiger charge is -2.31. The van der Waals surface area contributed by atoms with Crippen LogP contribution in [-0.4, -0.2) is 44.3 Å². The summed E-state index contributed by atoms with van der Waals surface area (Å²) in [5.41, 5.74) is 1.25. The van der Waals surface area contributed by atoms with E-state index in [2.05, 4.69) is 23.2 Å². The first-order chi connectivity index (χ1) is 10.2. The first kappa shape index (κ1) is 14.7. The molecule has 2 bridgehead atoms. The summed E-state index contributed by atoms with van der Waals surface area (Å²) in [4.78, 5) is 2.58. The zero-order chi connectivity index (χ0) is 14.8. The largest absolute Gasteiger partial charge is 0.497 e. The molecule has 1 aromatic carbocycles. The topological polar surface area (TPSA) is 33.7 Å². The normalized spacial score (nSPS) is 27.2. The molecule has 21 heavy (non-hydrogen) atoms. The molecule has 2 aliphatic heterocycles. The van der Waals surface area contributed by atoms with E-state index < -0.39 is 0 Å². The molecule has 0 saturated carbocycles. The molecule has 0 radical (unpaired) electrons. The number of nitrogens with zero attached hydrogens (tertiary/aromatic N) is 1. The summed E-state index contributed by atoms with van der Waals surface area (Å²) in [6, 6.07) is 7.89. The van der Waals surface area contributed by atoms with Crippen LogP contribution < -0.4 is 14.8 Å². The highest BCUT2D eigenvalue weighted by Gasteiger charge is 2.31. The highest BCUT2D eigenvalue weighted by molar-refractivity contribution is 5.42. The van der Waals surface area contributed by atoms with Crippen molar-refractivity contribution in [2.24, 2.45) is 0 Å². The summed E-state index contributed by atoms with van der Waals surface area (Å²) < 4.78 is 10.9. The molecule has 4 heteroatoms. The molecule has 0 amide bonds. The Kier molecular flexibility index (Phi) is 4.36. The lowest BCUT2D eigenvalue weighted by molar-refractivity contribution is 0.196. The SMILES string of the molecule is COc1ccc(C(C)N2CCC3CCC(C2)N3)c(OC)c1. The molecule has 0 aromatic heterocycles. The maximum Gasteiger partial charge on any atom is 0.127 e. The Balaban J connectivity index is 1.79. The van der Waals surface area contributed by atoms with Crippen molar-refractivity contribution < 1.29 is 9.47 Å². The summed E-state index contributed by atoms with van der Waals surface area (Å²) in [7, 11) is 3.42. The second-order valence-corrected chi connectivity index (χ2v) is 6.21. The summed E-state index contributed by atoms with van der Waals surface area (Å²) >= 11 is 0. The van der Waals surface area contributed by atoms with Crippen molar-refractivity contribution in [3.8, 4) is 11.5 Å². The Morgan fingerprint density at radius 1 is 1.14 bits per heavy atom. The van der Waals surface area contributed by atoms with Crippen molar-refractivity contribution in [2.75, 3.05) is 27.3 Å². The second kappa shape index (κ2) is 6.24. The minimum atomic E-state index is 0.368. The Hall–Kier alpha value is -1.26. The quantitative estimate of drug-likeness (QED) is 0.924. The highest BCUT2D eigenvalue weighted by Crippen LogP contribution is 2.34. The Morgan fingerprint density at radius 2 is 1.95 bits per heavy atom. The number of fused-ring (bicyclic) bond motifs is 2. The van der Waals surface area contributed by atoms with Gasteiger partial charge >= 0.3 is 0 Å². The van der Waals surface area contributed by atoms with Crippen molar-refractivity contribution in [1.82, 2.24) is 10.2 Å². The van der Waals surface area contributed by atoms with Gasteiger partial charge in [0.1, 0.15) is 11.5 Å². The number of benzene rings is 1. The molecule has 0 aliphatic carbocycles. The van der Waals surface area contributed by atoms with Crippen molar-refractivity contribution in [3.63, 3.8) is 0 Å². The van der Waals surface area contributed by atoms with Gasteiger partial charge in [-0.2, -0.15) is 0 Å². The molecule has 1 aromatic rings. The lowest BCUT2D eigenvalue weighted by Crippen LogP contribution is -2.36. The van der Waals surface area contributed by atoms with Crippen LogP contribution in [0, 0.1) is 0 Å². The maximum atomic E-state index is 5.57. The van der Waals surface area contributed by atoms with E-state index in [1.54, 1.807) is 14.2 Å². The number of methoxy groups -OCH3 is 2. The number of hydrogen-bond acceptors (Lipinski definition) is 4. The number of hydrogen-bond donors (Lipinski definition) is 1. The molecule has 3 rings (SSSR count). The van der Waals surface area contributed by atoms with E-state index in [4.69, 9.17) is 9.47 Å². The molecular formula is C17H26N2O2. The summed E-state index contributed by atoms with van der Waals surface area (Å²) in [6.07, 6.45) is 3.91. The number of likely N-dealkylation sites (tertiary alicyclic amines) is 1. The van der Waals surface area contributed by atoms with E-state index in [1.165, 1.54) is 24.8 Å². The molecule has 3 unspecified atom stereocenters. The predicted molar refractivity (Wildman–Crippen MR) is 84.1 cm³/mol. The van der Waals surface area contributed by atoms with Gasteiger partial charge in [-0.25, -0.2) is 0 Å². The molecule has 2 saturated heterocycles. The third kappa shape index (κ3) is 3.01. The van der Waals surface area contributed by atoms with E-state index in [9.17, 15) is 0 Å². The van der Waals surface area contributed by atoms with Crippen LogP contribution in [0.3, 0.4) is 0 Å². The highest BCUT2D eigenvalue weighted by atomic mass is 16.5. The van der Waals surface area contributed by atoms with Crippen LogP contribution in [-0.2, 0) is 0 Å². The molecule has 2 heterocycles. The molecule has 4 nitrogen and oxygen atoms in total. The minimum Gasteiger partial charge on any atom is -0.497 e. The number of ether oxygens (including phenoxy) is 2. The van der Waals surface area contributed by atoms with E-state index >= 15 is 0 Å². The van der Waals surface area contributed by atoms with Crippen LogP contribution in [0.4, 0.5) is 0 Å². The fourth-order valence-electron chi connectivity index (χ4n) is 3.68. The van der Waals surface area contributed by atoms with Gasteiger partial charge in [0.25, 0.3) is 0 Å². The number of nitrogens with one attached hydrogen (secondary N) is 1. The molecule has 2 fully saturated rings. The molecular weight excluding hydrogens is 264 g/mol. The van der Waals surface area contributed by atoms with Crippen LogP contribution in [0.15, 0.2) is 18.2 Å². The van der Waals surface area contributed by atoms with Crippen molar-refractivity contribution in [2.45, 2.75) is 44.3 Å². The van der Waals surface area contributed by atoms with E-state index in [0.717, 1.165) is 30.6 Å². The molecule has 116 valence electrons. The fraction of sp³-hybridized carbons (Fsp3) is 0.647. The third-order valence-corrected chi connectivity index (χ3v) is 4.99. The molecule has 1 N–H and O–H groups in total. The van der Waals surface area contributed by atoms with Crippen LogP contribution in [0.5, 0.6) is 11.5 Å². The molecule has 2 aliphatic rings. The van der Waals surface area contributed by atoms with Crippen LogP contribution >= 0.6 is 0 Å². The van der Waals surface area contributed by atoms with Gasteiger partial charge in [0, 0.05) is 42.8 Å². The third-order valence-electron chi connectivity index (χ3n) is 4.99. The van der Waals surface area contributed by atoms with Gasteiger partial charge in [-0.1, -0.05) is 6.07 Å². The number of rotatable bonds is 4. The van der Waals surface area contributed by atoms with Gasteiger partial charge in [0.2, 0.25) is 0 Å². The van der Waals surface area contributed by atoms with Gasteiger partial charge in [-0.3, -0.25) is 4.90 Å². The first-order valence-electron chi connectivity index (χ1n) is 7.93. The summed E-state index contributed by atoms with van der Waals surface area (Å²) in [6.45, 7) is 4.57. The first-order valence-corrected chi connectivity index (χ1v) is 7.93. The zero-order valence-electron chi connectivity index (χ0n) is 13.3. The molecule has 3 atom stereocenters. The van der Waals surface area contributed by atoms with Crippen LogP contribution in [0.1, 0.15) is 37.8 Å². The van der Waals surface area contributed by atoms with Crippen LogP contribution in [0.25, 0.3) is 0 Å². The lowest BCUT2D eigenvalue weighted by atomic mass is 10.0. The predicted octanol–water partition coefficient (Wildman–Crippen LogP) is 2.59. The van der Waals surface area contributed by atoms with Gasteiger partial charge in [0.15, 0.2) is 0 Å². The van der Waals surface area contributed by atoms with E-state index in [0.29, 0.717) is 12.1 Å². The Bertz CT molecular complexity index is 492. The van der Waals surface area contributed by atoms with Crippen molar-refractivity contribution >= 4 is 0 Å². The average Bonchev–Trinajstić information content (AvgIpc) is 2.85. The smallest absolute Gasteiger partial charge is 0.127 e. The van der Waals surface area contributed by atoms with Gasteiger partial charge in [0.05, 0.1) is 14.2 Å². The standard InChI is InChI=1S/C17H26N2O2/c1-12(16-7-6-15(20-2)10-17(16)21-3)19-9-8-13-4-5-14(11-19)18-13/h6-7,10,12-14,18H,4-5,8-9,11H2,1-3H3. The second-order valence-electron chi connectivity index (χ2n) is 6.21. The van der Waals surface area contributed by atoms with Gasteiger partial charge in [-0.05, 0) is 32.3 Å². The Labute approximate surface area is 127 Å². The van der Waals surface area contributed by atoms with E-state index in [-0.39, 0.29) is 0 Å². The van der Waals surface area contributed by atoms with Crippen LogP contribution in [0.2, 0.25) is 0 Å². The zero-order valence-corrected chi connectivity index (χ0v) is 13.3. The van der Waals surface area contributed by atoms with Crippen molar-refractivity contribution in [3.05, 3.63) is 23.8 Å². The fourth-order valence-corrected chi connectivity index (χ4v) is 3.68. The van der Waals surface area contributed by atoms with E-state index in [1.807, 2.05) is 12.1 Å².